The molecule has 0 aromatic heterocycles. The van der Waals surface area contributed by atoms with E-state index in [9.17, 15) is 0 Å². The predicted octanol–water partition coefficient (Wildman–Crippen LogP) is 7.17. The Morgan fingerprint density at radius 2 is 1.48 bits per heavy atom. The number of rotatable bonds is 6. The van der Waals surface area contributed by atoms with Crippen LogP contribution in [0.3, 0.4) is 0 Å². The molecule has 0 saturated heterocycles. The zero-order valence-corrected chi connectivity index (χ0v) is 15.9. The molecule has 0 fully saturated rings. The van der Waals surface area contributed by atoms with Crippen LogP contribution >= 0.6 is 0 Å². The van der Waals surface area contributed by atoms with Crippen molar-refractivity contribution >= 4 is 10.8 Å². The van der Waals surface area contributed by atoms with Gasteiger partial charge in [0.25, 0.3) is 0 Å². The summed E-state index contributed by atoms with van der Waals surface area (Å²) in [7, 11) is 0. The van der Waals surface area contributed by atoms with E-state index in [4.69, 9.17) is 0 Å². The van der Waals surface area contributed by atoms with Gasteiger partial charge in [0.15, 0.2) is 0 Å². The molecule has 0 N–H and O–H groups in total. The van der Waals surface area contributed by atoms with Crippen molar-refractivity contribution in [3.05, 3.63) is 89.3 Å². The van der Waals surface area contributed by atoms with Crippen molar-refractivity contribution in [2.24, 2.45) is 5.92 Å². The van der Waals surface area contributed by atoms with Gasteiger partial charge in [-0.2, -0.15) is 0 Å². The number of hydrogen-bond donors (Lipinski definition) is 0. The summed E-state index contributed by atoms with van der Waals surface area (Å²) in [5.74, 6) is 2.65. The van der Waals surface area contributed by atoms with E-state index in [2.05, 4.69) is 94.4 Å². The molecule has 0 aliphatic heterocycles. The van der Waals surface area contributed by atoms with Gasteiger partial charge >= 0.3 is 0 Å². The van der Waals surface area contributed by atoms with E-state index in [1.54, 1.807) is 5.92 Å². The lowest BCUT2D eigenvalue weighted by Crippen LogP contribution is -2.15. The summed E-state index contributed by atoms with van der Waals surface area (Å²) in [5.41, 5.74) is 4.39. The molecule has 3 aromatic carbocycles. The summed E-state index contributed by atoms with van der Waals surface area (Å²) in [6, 6.07) is 24.4. The van der Waals surface area contributed by atoms with Crippen LogP contribution in [0, 0.1) is 11.8 Å². The van der Waals surface area contributed by atoms with Gasteiger partial charge in [0, 0.05) is 5.92 Å². The van der Waals surface area contributed by atoms with Gasteiger partial charge in [0.2, 0.25) is 0 Å². The molecule has 0 spiro atoms. The van der Waals surface area contributed by atoms with Crippen molar-refractivity contribution in [1.29, 1.82) is 0 Å². The van der Waals surface area contributed by atoms with E-state index in [1.807, 2.05) is 0 Å². The van der Waals surface area contributed by atoms with Crippen molar-refractivity contribution < 1.29 is 0 Å². The predicted molar refractivity (Wildman–Crippen MR) is 110 cm³/mol. The molecule has 3 aromatic rings. The van der Waals surface area contributed by atoms with E-state index in [-0.39, 0.29) is 0 Å². The fourth-order valence-electron chi connectivity index (χ4n) is 3.67. The largest absolute Gasteiger partial charge is 0.0648 e. The van der Waals surface area contributed by atoms with Crippen LogP contribution in [0.2, 0.25) is 0 Å². The van der Waals surface area contributed by atoms with Crippen LogP contribution in [0.25, 0.3) is 10.8 Å². The van der Waals surface area contributed by atoms with Crippen LogP contribution in [-0.4, -0.2) is 0 Å². The molecule has 0 aliphatic rings. The molecule has 0 bridgehead atoms. The van der Waals surface area contributed by atoms with Gasteiger partial charge in [-0.25, -0.2) is 0 Å². The smallest absolute Gasteiger partial charge is 0.0128 e. The second-order valence-electron chi connectivity index (χ2n) is 7.40. The van der Waals surface area contributed by atoms with Gasteiger partial charge in [0.05, 0.1) is 0 Å². The molecule has 129 valence electrons. The minimum absolute atomic E-state index is 0.522. The van der Waals surface area contributed by atoms with Crippen molar-refractivity contribution in [1.82, 2.24) is 0 Å². The van der Waals surface area contributed by atoms with Gasteiger partial charge in [-0.05, 0) is 52.1 Å². The zero-order chi connectivity index (χ0) is 17.8. The maximum Gasteiger partial charge on any atom is 0.0128 e. The van der Waals surface area contributed by atoms with Crippen molar-refractivity contribution in [3.8, 4) is 0 Å². The molecule has 0 nitrogen and oxygen atoms in total. The third kappa shape index (κ3) is 3.79. The third-order valence-electron chi connectivity index (χ3n) is 5.36. The standard InChI is InChI=1S/C25H29/c1-5-19(4)22-16-15-21-13-9-10-14-23(21)25(22)24(18(2)3)17-20-11-7-6-8-12-20/h6-16,18-19H,5,17H2,1-4H3. The molecule has 0 saturated carbocycles. The maximum atomic E-state index is 2.36. The molecule has 0 heterocycles. The molecule has 0 amide bonds. The summed E-state index contributed by atoms with van der Waals surface area (Å²) in [6.07, 6.45) is 2.19. The normalized spacial score (nSPS) is 12.9. The number of fused-ring (bicyclic) bond motifs is 1. The topological polar surface area (TPSA) is 0 Å². The fraction of sp³-hybridized carbons (Fsp3) is 0.320. The lowest BCUT2D eigenvalue weighted by Gasteiger charge is -2.27. The van der Waals surface area contributed by atoms with Crippen LogP contribution in [0.4, 0.5) is 0 Å². The highest BCUT2D eigenvalue weighted by Gasteiger charge is 2.24. The van der Waals surface area contributed by atoms with Gasteiger partial charge < -0.3 is 0 Å². The average molecular weight is 330 g/mol. The molecular weight excluding hydrogens is 300 g/mol. The quantitative estimate of drug-likeness (QED) is 0.449. The Hall–Kier alpha value is -2.08. The highest BCUT2D eigenvalue weighted by Crippen LogP contribution is 2.38. The van der Waals surface area contributed by atoms with Crippen LogP contribution in [0.1, 0.15) is 56.7 Å². The third-order valence-corrected chi connectivity index (χ3v) is 5.36. The summed E-state index contributed by atoms with van der Waals surface area (Å²) in [6.45, 7) is 9.31. The second kappa shape index (κ2) is 7.87. The Morgan fingerprint density at radius 1 is 0.800 bits per heavy atom. The lowest BCUT2D eigenvalue weighted by atomic mass is 9.76. The zero-order valence-electron chi connectivity index (χ0n) is 15.9. The Kier molecular flexibility index (Phi) is 5.58. The molecular formula is C25H29. The van der Waals surface area contributed by atoms with Gasteiger partial charge in [-0.3, -0.25) is 0 Å². The highest BCUT2D eigenvalue weighted by atomic mass is 14.3. The van der Waals surface area contributed by atoms with Gasteiger partial charge in [-0.15, -0.1) is 0 Å². The SMILES string of the molecule is CCC(C)c1ccc2ccccc2c1[C](Cc1ccccc1)C(C)C. The Morgan fingerprint density at radius 3 is 2.16 bits per heavy atom. The maximum absolute atomic E-state index is 2.36. The van der Waals surface area contributed by atoms with Crippen molar-refractivity contribution in [2.45, 2.75) is 46.5 Å². The minimum Gasteiger partial charge on any atom is -0.0648 e. The lowest BCUT2D eigenvalue weighted by molar-refractivity contribution is 0.643. The van der Waals surface area contributed by atoms with Crippen LogP contribution < -0.4 is 0 Å². The van der Waals surface area contributed by atoms with E-state index >= 15 is 0 Å². The summed E-state index contributed by atoms with van der Waals surface area (Å²) < 4.78 is 0. The molecule has 25 heavy (non-hydrogen) atoms. The number of hydrogen-bond acceptors (Lipinski definition) is 0. The van der Waals surface area contributed by atoms with Crippen molar-refractivity contribution in [3.63, 3.8) is 0 Å². The first-order valence-electron chi connectivity index (χ1n) is 9.53. The van der Waals surface area contributed by atoms with E-state index in [0.717, 1.165) is 6.42 Å². The van der Waals surface area contributed by atoms with E-state index < -0.39 is 0 Å². The summed E-state index contributed by atoms with van der Waals surface area (Å²) in [4.78, 5) is 0. The van der Waals surface area contributed by atoms with Crippen LogP contribution in [0.5, 0.6) is 0 Å². The Labute approximate surface area is 152 Å². The molecule has 0 aliphatic carbocycles. The fourth-order valence-corrected chi connectivity index (χ4v) is 3.67. The van der Waals surface area contributed by atoms with Gasteiger partial charge in [0.1, 0.15) is 0 Å². The first-order valence-corrected chi connectivity index (χ1v) is 9.53. The Bertz CT molecular complexity index is 814. The first-order chi connectivity index (χ1) is 12.1. The summed E-state index contributed by atoms with van der Waals surface area (Å²) >= 11 is 0. The summed E-state index contributed by atoms with van der Waals surface area (Å²) in [5, 5.41) is 2.75. The first kappa shape index (κ1) is 17.7. The molecule has 1 atom stereocenters. The molecule has 1 radical (unpaired) electrons. The average Bonchev–Trinajstić information content (AvgIpc) is 2.65. The second-order valence-corrected chi connectivity index (χ2v) is 7.40. The van der Waals surface area contributed by atoms with E-state index in [1.165, 1.54) is 33.9 Å². The minimum atomic E-state index is 0.522. The monoisotopic (exact) mass is 329 g/mol. The van der Waals surface area contributed by atoms with Crippen molar-refractivity contribution in [2.75, 3.05) is 0 Å². The number of benzene rings is 3. The van der Waals surface area contributed by atoms with Gasteiger partial charge in [-0.1, -0.05) is 94.4 Å². The molecule has 0 heteroatoms. The molecule has 1 unspecified atom stereocenters. The highest BCUT2D eigenvalue weighted by molar-refractivity contribution is 5.89. The Balaban J connectivity index is 2.17. The van der Waals surface area contributed by atoms with Crippen LogP contribution in [-0.2, 0) is 6.42 Å². The van der Waals surface area contributed by atoms with E-state index in [0.29, 0.717) is 11.8 Å². The molecule has 3 rings (SSSR count). The van der Waals surface area contributed by atoms with Crippen LogP contribution in [0.15, 0.2) is 66.7 Å².